The largest absolute Gasteiger partial charge is 0.465 e. The van der Waals surface area contributed by atoms with Crippen LogP contribution in [0.1, 0.15) is 24.0 Å². The molecule has 1 saturated heterocycles. The van der Waals surface area contributed by atoms with Crippen molar-refractivity contribution in [1.29, 1.82) is 0 Å². The van der Waals surface area contributed by atoms with Gasteiger partial charge in [0.15, 0.2) is 0 Å². The molecule has 0 aromatic heterocycles. The van der Waals surface area contributed by atoms with Gasteiger partial charge in [0.2, 0.25) is 5.91 Å². The average molecular weight is 449 g/mol. The van der Waals surface area contributed by atoms with Gasteiger partial charge in [-0.2, -0.15) is 5.10 Å². The molecule has 2 aromatic carbocycles. The van der Waals surface area contributed by atoms with Crippen molar-refractivity contribution >= 4 is 23.6 Å². The molecule has 8 nitrogen and oxygen atoms in total. The number of nitrogens with one attached hydrogen (secondary N) is 1. The van der Waals surface area contributed by atoms with E-state index in [0.29, 0.717) is 32.2 Å². The van der Waals surface area contributed by atoms with Crippen molar-refractivity contribution < 1.29 is 19.5 Å². The second kappa shape index (κ2) is 9.44. The monoisotopic (exact) mass is 448 g/mol. The van der Waals surface area contributed by atoms with Crippen molar-refractivity contribution in [3.8, 4) is 0 Å². The van der Waals surface area contributed by atoms with Gasteiger partial charge in [0, 0.05) is 26.6 Å². The van der Waals surface area contributed by atoms with Gasteiger partial charge in [0.1, 0.15) is 11.5 Å². The Morgan fingerprint density at radius 2 is 1.73 bits per heavy atom. The number of fused-ring (bicyclic) bond motifs is 1. The lowest BCUT2D eigenvalue weighted by molar-refractivity contribution is -0.140. The molecule has 8 heteroatoms. The van der Waals surface area contributed by atoms with Crippen LogP contribution in [0.25, 0.3) is 0 Å². The number of rotatable bonds is 7. The quantitative estimate of drug-likeness (QED) is 0.680. The van der Waals surface area contributed by atoms with E-state index in [1.807, 2.05) is 60.7 Å². The molecule has 33 heavy (non-hydrogen) atoms. The highest BCUT2D eigenvalue weighted by Crippen LogP contribution is 2.38. The van der Waals surface area contributed by atoms with E-state index in [2.05, 4.69) is 10.4 Å². The molecular weight excluding hydrogens is 420 g/mol. The molecule has 0 aliphatic carbocycles. The van der Waals surface area contributed by atoms with Gasteiger partial charge in [0.05, 0.1) is 5.71 Å². The number of piperidine rings is 1. The Hall–Kier alpha value is -3.68. The van der Waals surface area contributed by atoms with Crippen molar-refractivity contribution in [2.75, 3.05) is 20.1 Å². The molecule has 2 atom stereocenters. The summed E-state index contributed by atoms with van der Waals surface area (Å²) < 4.78 is 0. The van der Waals surface area contributed by atoms with E-state index in [0.717, 1.165) is 16.8 Å². The normalized spacial score (nSPS) is 20.8. The topological polar surface area (TPSA) is 102 Å². The third-order valence-electron chi connectivity index (χ3n) is 6.43. The van der Waals surface area contributed by atoms with Crippen molar-refractivity contribution in [3.63, 3.8) is 0 Å². The van der Waals surface area contributed by atoms with E-state index >= 15 is 0 Å². The Morgan fingerprint density at radius 3 is 2.36 bits per heavy atom. The van der Waals surface area contributed by atoms with Crippen LogP contribution in [0.4, 0.5) is 4.79 Å². The van der Waals surface area contributed by atoms with Gasteiger partial charge in [-0.05, 0) is 30.4 Å². The number of carbonyl (C=O) groups excluding carboxylic acids is 2. The smallest absolute Gasteiger partial charge is 0.405 e. The fraction of sp³-hybridized carbons (Fsp3) is 0.360. The number of amides is 3. The molecule has 2 N–H and O–H groups in total. The van der Waals surface area contributed by atoms with E-state index in [9.17, 15) is 19.5 Å². The molecule has 2 aromatic rings. The number of hydrogen-bond acceptors (Lipinski definition) is 4. The van der Waals surface area contributed by atoms with Crippen molar-refractivity contribution in [2.45, 2.75) is 31.7 Å². The number of carboxylic acid groups (broad SMARTS) is 1. The summed E-state index contributed by atoms with van der Waals surface area (Å²) in [5, 5.41) is 17.6. The third-order valence-corrected chi connectivity index (χ3v) is 6.43. The minimum Gasteiger partial charge on any atom is -0.465 e. The lowest BCUT2D eigenvalue weighted by Crippen LogP contribution is -2.58. The van der Waals surface area contributed by atoms with Gasteiger partial charge in [-0.3, -0.25) is 9.59 Å². The van der Waals surface area contributed by atoms with Crippen LogP contribution in [0, 0.1) is 5.41 Å². The van der Waals surface area contributed by atoms with Gasteiger partial charge < -0.3 is 15.3 Å². The van der Waals surface area contributed by atoms with Crippen LogP contribution in [-0.2, 0) is 22.4 Å². The number of carbonyl (C=O) groups is 3. The fourth-order valence-corrected chi connectivity index (χ4v) is 4.80. The van der Waals surface area contributed by atoms with Crippen LogP contribution in [0.15, 0.2) is 65.8 Å². The maximum absolute atomic E-state index is 13.5. The Balaban J connectivity index is 1.55. The fourth-order valence-electron chi connectivity index (χ4n) is 4.80. The van der Waals surface area contributed by atoms with Crippen LogP contribution in [0.3, 0.4) is 0 Å². The summed E-state index contributed by atoms with van der Waals surface area (Å²) in [5.41, 5.74) is 1.89. The van der Waals surface area contributed by atoms with Gasteiger partial charge in [0.25, 0.3) is 5.91 Å². The molecule has 1 unspecified atom stereocenters. The maximum atomic E-state index is 13.5. The van der Waals surface area contributed by atoms with Crippen molar-refractivity contribution in [2.24, 2.45) is 10.5 Å². The number of nitrogens with zero attached hydrogens (tertiary/aromatic N) is 3. The number of likely N-dealkylation sites (tertiary alicyclic amines) is 1. The molecule has 2 aliphatic heterocycles. The highest BCUT2D eigenvalue weighted by atomic mass is 16.4. The first-order chi connectivity index (χ1) is 15.9. The molecule has 0 bridgehead atoms. The molecule has 3 amide bonds. The lowest BCUT2D eigenvalue weighted by Gasteiger charge is -2.40. The van der Waals surface area contributed by atoms with Gasteiger partial charge in [-0.1, -0.05) is 60.7 Å². The highest BCUT2D eigenvalue weighted by Gasteiger charge is 2.53. The molecular formula is C25H28N4O4. The number of aryl methyl sites for hydroxylation is 1. The summed E-state index contributed by atoms with van der Waals surface area (Å²) in [5.74, 6) is -0.437. The van der Waals surface area contributed by atoms with Crippen LogP contribution < -0.4 is 5.32 Å². The minimum atomic E-state index is -1.24. The molecule has 0 spiro atoms. The zero-order chi connectivity index (χ0) is 23.4. The number of hydrogen-bond donors (Lipinski definition) is 2. The average Bonchev–Trinajstić information content (AvgIpc) is 3.06. The number of benzene rings is 2. The standard InChI is InChI=1S/C25H28N4O4/c1-28-23(31)25(16-19-10-6-3-7-11-19)17-29(15-14-21(25)27-28)22(30)20(26-24(32)33)13-12-18-8-4-2-5-9-18/h2-11,20,26H,12-17H2,1H3,(H,32,33)/t20?,25-/m1/s1. The first-order valence-corrected chi connectivity index (χ1v) is 11.1. The van der Waals surface area contributed by atoms with E-state index in [4.69, 9.17) is 0 Å². The highest BCUT2D eigenvalue weighted by molar-refractivity contribution is 6.13. The summed E-state index contributed by atoms with van der Waals surface area (Å²) in [7, 11) is 1.64. The molecule has 2 heterocycles. The van der Waals surface area contributed by atoms with E-state index < -0.39 is 17.6 Å². The van der Waals surface area contributed by atoms with Crippen molar-refractivity contribution in [3.05, 3.63) is 71.8 Å². The molecule has 4 rings (SSSR count). The molecule has 172 valence electrons. The summed E-state index contributed by atoms with van der Waals surface area (Å²) in [6.07, 6.45) is 0.589. The van der Waals surface area contributed by atoms with Crippen molar-refractivity contribution in [1.82, 2.24) is 15.2 Å². The first-order valence-electron chi connectivity index (χ1n) is 11.1. The summed E-state index contributed by atoms with van der Waals surface area (Å²) >= 11 is 0. The summed E-state index contributed by atoms with van der Waals surface area (Å²) in [6.45, 7) is 0.588. The van der Waals surface area contributed by atoms with Gasteiger partial charge in [-0.15, -0.1) is 0 Å². The zero-order valence-electron chi connectivity index (χ0n) is 18.6. The Bertz CT molecular complexity index is 1060. The molecule has 0 radical (unpaired) electrons. The van der Waals surface area contributed by atoms with Gasteiger partial charge >= 0.3 is 6.09 Å². The Labute approximate surface area is 192 Å². The summed E-state index contributed by atoms with van der Waals surface area (Å²) in [4.78, 5) is 39.8. The Morgan fingerprint density at radius 1 is 1.09 bits per heavy atom. The van der Waals surface area contributed by atoms with Crippen LogP contribution in [-0.4, -0.2) is 64.8 Å². The third kappa shape index (κ3) is 4.74. The number of hydrazone groups is 1. The van der Waals surface area contributed by atoms with Crippen LogP contribution >= 0.6 is 0 Å². The maximum Gasteiger partial charge on any atom is 0.405 e. The van der Waals surface area contributed by atoms with E-state index in [1.54, 1.807) is 11.9 Å². The van der Waals surface area contributed by atoms with Crippen LogP contribution in [0.5, 0.6) is 0 Å². The van der Waals surface area contributed by atoms with Crippen LogP contribution in [0.2, 0.25) is 0 Å². The van der Waals surface area contributed by atoms with Gasteiger partial charge in [-0.25, -0.2) is 9.80 Å². The predicted octanol–water partition coefficient (Wildman–Crippen LogP) is 2.54. The Kier molecular flexibility index (Phi) is 6.44. The molecule has 0 saturated carbocycles. The SMILES string of the molecule is CN1N=C2CCN(C(=O)C(CCc3ccccc3)NC(=O)O)C[C@@]2(Cc2ccccc2)C1=O. The summed E-state index contributed by atoms with van der Waals surface area (Å²) in [6, 6.07) is 18.5. The molecule has 2 aliphatic rings. The van der Waals surface area contributed by atoms with E-state index in [1.165, 1.54) is 5.01 Å². The second-order valence-electron chi connectivity index (χ2n) is 8.66. The minimum absolute atomic E-state index is 0.133. The predicted molar refractivity (Wildman–Crippen MR) is 124 cm³/mol. The lowest BCUT2D eigenvalue weighted by atomic mass is 9.73. The zero-order valence-corrected chi connectivity index (χ0v) is 18.6. The second-order valence-corrected chi connectivity index (χ2v) is 8.66. The van der Waals surface area contributed by atoms with E-state index in [-0.39, 0.29) is 18.4 Å². The first kappa shape index (κ1) is 22.5. The molecule has 1 fully saturated rings.